The summed E-state index contributed by atoms with van der Waals surface area (Å²) in [4.78, 5) is 29.8. The fourth-order valence-electron chi connectivity index (χ4n) is 6.06. The number of rotatable bonds is 17. The van der Waals surface area contributed by atoms with Crippen LogP contribution >= 0.6 is 12.4 Å². The van der Waals surface area contributed by atoms with E-state index in [1.54, 1.807) is 37.3 Å². The van der Waals surface area contributed by atoms with Crippen molar-refractivity contribution in [3.05, 3.63) is 59.7 Å². The predicted molar refractivity (Wildman–Crippen MR) is 181 cm³/mol. The lowest BCUT2D eigenvalue weighted by atomic mass is 9.83. The third-order valence-electron chi connectivity index (χ3n) is 8.34. The molecular weight excluding hydrogens is 594 g/mol. The summed E-state index contributed by atoms with van der Waals surface area (Å²) in [6.07, 6.45) is 2.37. The van der Waals surface area contributed by atoms with Crippen LogP contribution in [0, 0.1) is 11.8 Å². The van der Waals surface area contributed by atoms with Crippen molar-refractivity contribution in [2.45, 2.75) is 71.4 Å². The number of halogens is 1. The molecule has 0 bridgehead atoms. The van der Waals surface area contributed by atoms with Gasteiger partial charge in [-0.15, -0.1) is 12.4 Å². The molecule has 9 nitrogen and oxygen atoms in total. The van der Waals surface area contributed by atoms with E-state index in [1.807, 2.05) is 23.1 Å². The van der Waals surface area contributed by atoms with Crippen molar-refractivity contribution in [2.24, 2.45) is 11.8 Å². The van der Waals surface area contributed by atoms with E-state index in [-0.39, 0.29) is 42.2 Å². The van der Waals surface area contributed by atoms with Crippen LogP contribution in [-0.4, -0.2) is 92.6 Å². The Morgan fingerprint density at radius 2 is 1.73 bits per heavy atom. The summed E-state index contributed by atoms with van der Waals surface area (Å²) in [7, 11) is 3.25. The van der Waals surface area contributed by atoms with E-state index in [0.29, 0.717) is 55.8 Å². The van der Waals surface area contributed by atoms with Crippen LogP contribution in [0.5, 0.6) is 11.5 Å². The molecule has 0 aliphatic carbocycles. The topological polar surface area (TPSA) is 101 Å². The molecular formula is C35H54ClN3O6. The van der Waals surface area contributed by atoms with E-state index in [0.717, 1.165) is 37.8 Å². The molecule has 1 aliphatic rings. The maximum Gasteiger partial charge on any atom is 0.407 e. The summed E-state index contributed by atoms with van der Waals surface area (Å²) in [6.45, 7) is 11.9. The van der Waals surface area contributed by atoms with Crippen LogP contribution in [0.25, 0.3) is 0 Å². The maximum absolute atomic E-state index is 14.0. The number of nitrogens with one attached hydrogen (secondary N) is 1. The number of amides is 2. The van der Waals surface area contributed by atoms with Gasteiger partial charge in [0.1, 0.15) is 0 Å². The third-order valence-corrected chi connectivity index (χ3v) is 8.34. The van der Waals surface area contributed by atoms with Gasteiger partial charge in [0.15, 0.2) is 11.5 Å². The summed E-state index contributed by atoms with van der Waals surface area (Å²) in [5, 5.41) is 13.6. The fraction of sp³-hybridized carbons (Fsp3) is 0.600. The quantitative estimate of drug-likeness (QED) is 0.188. The largest absolute Gasteiger partial charge is 0.493 e. The lowest BCUT2D eigenvalue weighted by molar-refractivity contribution is 0.0527. The first-order chi connectivity index (χ1) is 21.1. The number of nitrogens with zero attached hydrogens (tertiary/aromatic N) is 2. The second-order valence-corrected chi connectivity index (χ2v) is 12.5. The standard InChI is InChI=1S/C35H53N3O6.ClH/c1-25(2)15-16-37(35(40)41)24-30(28-11-8-7-9-12-28)19-27-20-31(23-36-22-27)38(26(3)4)34(39)29-13-14-32(43-6)33(21-29)44-18-10-17-42-5;/h7-9,11-14,21,25-27,30-31,36H,10,15-20,22-24H2,1-6H3,(H,40,41);1H/t27-,30?,31+;/m0./s1. The number of piperidine rings is 1. The van der Waals surface area contributed by atoms with Crippen LogP contribution in [0.4, 0.5) is 4.79 Å². The zero-order chi connectivity index (χ0) is 32.1. The number of hydrogen-bond acceptors (Lipinski definition) is 6. The molecule has 2 amide bonds. The highest BCUT2D eigenvalue weighted by molar-refractivity contribution is 5.95. The molecule has 0 aromatic heterocycles. The first-order valence-corrected chi connectivity index (χ1v) is 16.0. The van der Waals surface area contributed by atoms with Crippen molar-refractivity contribution in [3.63, 3.8) is 0 Å². The van der Waals surface area contributed by atoms with Crippen molar-refractivity contribution >= 4 is 24.4 Å². The van der Waals surface area contributed by atoms with Crippen molar-refractivity contribution in [1.82, 2.24) is 15.1 Å². The highest BCUT2D eigenvalue weighted by atomic mass is 35.5. The van der Waals surface area contributed by atoms with Crippen molar-refractivity contribution < 1.29 is 28.9 Å². The number of carbonyl (C=O) groups is 2. The summed E-state index contributed by atoms with van der Waals surface area (Å²) in [6, 6.07) is 15.6. The minimum Gasteiger partial charge on any atom is -0.493 e. The lowest BCUT2D eigenvalue weighted by Gasteiger charge is -2.41. The zero-order valence-electron chi connectivity index (χ0n) is 27.9. The van der Waals surface area contributed by atoms with E-state index in [4.69, 9.17) is 14.2 Å². The Hall–Kier alpha value is -3.01. The van der Waals surface area contributed by atoms with E-state index < -0.39 is 6.09 Å². The van der Waals surface area contributed by atoms with Gasteiger partial charge in [-0.3, -0.25) is 4.79 Å². The third kappa shape index (κ3) is 11.7. The van der Waals surface area contributed by atoms with Crippen molar-refractivity contribution in [3.8, 4) is 11.5 Å². The normalized spacial score (nSPS) is 17.0. The molecule has 0 spiro atoms. The van der Waals surface area contributed by atoms with Gasteiger partial charge < -0.3 is 34.4 Å². The van der Waals surface area contributed by atoms with Crippen LogP contribution in [0.15, 0.2) is 48.5 Å². The average molecular weight is 648 g/mol. The molecule has 2 aromatic carbocycles. The van der Waals surface area contributed by atoms with Gasteiger partial charge in [0.2, 0.25) is 0 Å². The molecule has 3 rings (SSSR count). The van der Waals surface area contributed by atoms with E-state index in [2.05, 4.69) is 45.1 Å². The second-order valence-electron chi connectivity index (χ2n) is 12.5. The fourth-order valence-corrected chi connectivity index (χ4v) is 6.06. The molecule has 1 heterocycles. The molecule has 252 valence electrons. The van der Waals surface area contributed by atoms with Crippen molar-refractivity contribution in [1.29, 1.82) is 0 Å². The van der Waals surface area contributed by atoms with Crippen LogP contribution in [0.1, 0.15) is 75.2 Å². The van der Waals surface area contributed by atoms with Gasteiger partial charge in [-0.2, -0.15) is 0 Å². The molecule has 3 atom stereocenters. The Kier molecular flexibility index (Phi) is 16.5. The van der Waals surface area contributed by atoms with Gasteiger partial charge in [-0.05, 0) is 75.3 Å². The van der Waals surface area contributed by atoms with Crippen LogP contribution in [0.3, 0.4) is 0 Å². The SMILES string of the molecule is COCCCOc1cc(C(=O)N(C(C)C)[C@H]2CNC[C@@H](CC(CN(CCC(C)C)C(=O)O)c3ccccc3)C2)ccc1OC.Cl. The molecule has 1 unspecified atom stereocenters. The molecule has 1 aliphatic heterocycles. The van der Waals surface area contributed by atoms with Crippen molar-refractivity contribution in [2.75, 3.05) is 53.6 Å². The number of carboxylic acid groups (broad SMARTS) is 1. The Bertz CT molecular complexity index is 1170. The zero-order valence-corrected chi connectivity index (χ0v) is 28.7. The molecule has 2 aromatic rings. The Morgan fingerprint density at radius 3 is 2.36 bits per heavy atom. The number of methoxy groups -OCH3 is 2. The second kappa shape index (κ2) is 19.5. The molecule has 45 heavy (non-hydrogen) atoms. The van der Waals surface area contributed by atoms with E-state index in [1.165, 1.54) is 0 Å². The van der Waals surface area contributed by atoms with Gasteiger partial charge >= 0.3 is 6.09 Å². The Morgan fingerprint density at radius 1 is 1.00 bits per heavy atom. The number of benzene rings is 2. The maximum atomic E-state index is 14.0. The first kappa shape index (κ1) is 38.2. The monoisotopic (exact) mass is 647 g/mol. The molecule has 2 N–H and O–H groups in total. The first-order valence-electron chi connectivity index (χ1n) is 16.0. The smallest absolute Gasteiger partial charge is 0.407 e. The molecule has 0 radical (unpaired) electrons. The van der Waals surface area contributed by atoms with E-state index >= 15 is 0 Å². The molecule has 1 fully saturated rings. The predicted octanol–water partition coefficient (Wildman–Crippen LogP) is 6.56. The van der Waals surface area contributed by atoms with Gasteiger partial charge in [0.25, 0.3) is 5.91 Å². The Balaban J connectivity index is 0.00000705. The molecule has 0 saturated carbocycles. The minimum atomic E-state index is -0.871. The summed E-state index contributed by atoms with van der Waals surface area (Å²) in [5.41, 5.74) is 1.71. The molecule has 10 heteroatoms. The summed E-state index contributed by atoms with van der Waals surface area (Å²) < 4.78 is 16.6. The minimum absolute atomic E-state index is 0. The van der Waals surface area contributed by atoms with Crippen LogP contribution < -0.4 is 14.8 Å². The van der Waals surface area contributed by atoms with Crippen LogP contribution in [0.2, 0.25) is 0 Å². The highest BCUT2D eigenvalue weighted by Gasteiger charge is 2.34. The Labute approximate surface area is 276 Å². The summed E-state index contributed by atoms with van der Waals surface area (Å²) >= 11 is 0. The number of hydrogen-bond donors (Lipinski definition) is 2. The molecule has 1 saturated heterocycles. The summed E-state index contributed by atoms with van der Waals surface area (Å²) in [5.74, 6) is 1.87. The van der Waals surface area contributed by atoms with Crippen LogP contribution in [-0.2, 0) is 4.74 Å². The van der Waals surface area contributed by atoms with Gasteiger partial charge in [-0.25, -0.2) is 4.79 Å². The number of carbonyl (C=O) groups excluding carboxylic acids is 1. The highest BCUT2D eigenvalue weighted by Crippen LogP contribution is 2.33. The van der Waals surface area contributed by atoms with Gasteiger partial charge in [0.05, 0.1) is 13.7 Å². The van der Waals surface area contributed by atoms with Gasteiger partial charge in [0, 0.05) is 63.3 Å². The lowest BCUT2D eigenvalue weighted by Crippen LogP contribution is -2.54. The number of ether oxygens (including phenoxy) is 3. The average Bonchev–Trinajstić information content (AvgIpc) is 3.01. The van der Waals surface area contributed by atoms with E-state index in [9.17, 15) is 14.7 Å². The van der Waals surface area contributed by atoms with Gasteiger partial charge in [-0.1, -0.05) is 44.2 Å².